The summed E-state index contributed by atoms with van der Waals surface area (Å²) in [5.41, 5.74) is 3.73. The van der Waals surface area contributed by atoms with Crippen molar-refractivity contribution in [2.45, 2.75) is 46.0 Å². The summed E-state index contributed by atoms with van der Waals surface area (Å²) in [4.78, 5) is 17.6. The lowest BCUT2D eigenvalue weighted by atomic mass is 9.89. The van der Waals surface area contributed by atoms with Crippen LogP contribution in [0.2, 0.25) is 0 Å². The minimum atomic E-state index is 0.0744. The summed E-state index contributed by atoms with van der Waals surface area (Å²) < 4.78 is 3.25. The van der Waals surface area contributed by atoms with Crippen LogP contribution >= 0.6 is 11.3 Å². The molecule has 0 radical (unpaired) electrons. The molecule has 1 saturated carbocycles. The average molecular weight is 302 g/mol. The fraction of sp³-hybridized carbons (Fsp3) is 0.529. The Morgan fingerprint density at radius 2 is 1.86 bits per heavy atom. The molecule has 3 nitrogen and oxygen atoms in total. The molecule has 0 aliphatic heterocycles. The lowest BCUT2D eigenvalue weighted by molar-refractivity contribution is -0.122. The van der Waals surface area contributed by atoms with Gasteiger partial charge in [-0.3, -0.25) is 4.79 Å². The van der Waals surface area contributed by atoms with Crippen molar-refractivity contribution in [2.24, 2.45) is 18.0 Å². The number of carbonyl (C=O) groups excluding carboxylic acids is 1. The second-order valence-corrected chi connectivity index (χ2v) is 7.14. The van der Waals surface area contributed by atoms with Crippen molar-refractivity contribution >= 4 is 27.5 Å². The molecule has 1 aliphatic carbocycles. The molecule has 1 amide bonds. The number of hydrogen-bond acceptors (Lipinski definition) is 2. The zero-order chi connectivity index (χ0) is 15.0. The first-order valence-electron chi connectivity index (χ1n) is 7.71. The molecule has 4 heteroatoms. The Labute approximate surface area is 129 Å². The van der Waals surface area contributed by atoms with Crippen molar-refractivity contribution in [3.63, 3.8) is 0 Å². The fourth-order valence-electron chi connectivity index (χ4n) is 3.02. The summed E-state index contributed by atoms with van der Waals surface area (Å²) >= 11 is 1.61. The van der Waals surface area contributed by atoms with Crippen molar-refractivity contribution in [3.05, 3.63) is 28.1 Å². The van der Waals surface area contributed by atoms with Gasteiger partial charge in [-0.25, -0.2) is 0 Å². The van der Waals surface area contributed by atoms with Gasteiger partial charge in [0, 0.05) is 13.0 Å². The molecule has 1 aliphatic rings. The Hall–Kier alpha value is -1.42. The third kappa shape index (κ3) is 2.82. The molecule has 0 atom stereocenters. The van der Waals surface area contributed by atoms with Gasteiger partial charge < -0.3 is 4.57 Å². The maximum Gasteiger partial charge on any atom is 0.251 e. The van der Waals surface area contributed by atoms with Crippen molar-refractivity contribution in [1.82, 2.24) is 4.57 Å². The van der Waals surface area contributed by atoms with Gasteiger partial charge in [-0.05, 0) is 49.9 Å². The number of nitrogens with zero attached hydrogens (tertiary/aromatic N) is 2. The quantitative estimate of drug-likeness (QED) is 0.787. The number of thiazole rings is 1. The van der Waals surface area contributed by atoms with Crippen LogP contribution in [0, 0.1) is 19.8 Å². The maximum atomic E-state index is 12.4. The molecule has 112 valence electrons. The highest BCUT2D eigenvalue weighted by Gasteiger charge is 2.20. The minimum absolute atomic E-state index is 0.0744. The highest BCUT2D eigenvalue weighted by molar-refractivity contribution is 7.16. The van der Waals surface area contributed by atoms with Crippen LogP contribution in [0.3, 0.4) is 0 Å². The molecule has 0 unspecified atom stereocenters. The lowest BCUT2D eigenvalue weighted by Crippen LogP contribution is -2.20. The maximum absolute atomic E-state index is 12.4. The monoisotopic (exact) mass is 302 g/mol. The third-order valence-corrected chi connectivity index (χ3v) is 5.68. The predicted octanol–water partition coefficient (Wildman–Crippen LogP) is 3.86. The van der Waals surface area contributed by atoms with Gasteiger partial charge in [0.15, 0.2) is 4.80 Å². The SMILES string of the molecule is Cc1cc2sc(=NC(=O)C3CCCCC3)n(C)c2cc1C. The summed E-state index contributed by atoms with van der Waals surface area (Å²) in [7, 11) is 2.00. The van der Waals surface area contributed by atoms with Crippen LogP contribution < -0.4 is 4.80 Å². The van der Waals surface area contributed by atoms with Crippen LogP contribution in [-0.4, -0.2) is 10.5 Å². The van der Waals surface area contributed by atoms with E-state index in [4.69, 9.17) is 0 Å². The molecule has 1 heterocycles. The van der Waals surface area contributed by atoms with Crippen LogP contribution in [0.1, 0.15) is 43.2 Å². The van der Waals surface area contributed by atoms with Gasteiger partial charge in [-0.15, -0.1) is 0 Å². The lowest BCUT2D eigenvalue weighted by Gasteiger charge is -2.17. The predicted molar refractivity (Wildman–Crippen MR) is 87.4 cm³/mol. The summed E-state index contributed by atoms with van der Waals surface area (Å²) in [6, 6.07) is 4.38. The highest BCUT2D eigenvalue weighted by atomic mass is 32.1. The fourth-order valence-corrected chi connectivity index (χ4v) is 4.12. The van der Waals surface area contributed by atoms with Gasteiger partial charge in [0.2, 0.25) is 0 Å². The second-order valence-electron chi connectivity index (χ2n) is 6.13. The zero-order valence-corrected chi connectivity index (χ0v) is 13.8. The van der Waals surface area contributed by atoms with Crippen molar-refractivity contribution in [3.8, 4) is 0 Å². The van der Waals surface area contributed by atoms with Crippen molar-refractivity contribution < 1.29 is 4.79 Å². The van der Waals surface area contributed by atoms with E-state index in [-0.39, 0.29) is 11.8 Å². The molecule has 0 saturated heterocycles. The number of carbonyl (C=O) groups is 1. The summed E-state index contributed by atoms with van der Waals surface area (Å²) in [5.74, 6) is 0.220. The van der Waals surface area contributed by atoms with E-state index in [9.17, 15) is 4.79 Å². The number of rotatable bonds is 1. The van der Waals surface area contributed by atoms with Gasteiger partial charge >= 0.3 is 0 Å². The molecule has 0 spiro atoms. The first-order chi connectivity index (χ1) is 10.1. The Balaban J connectivity index is 2.01. The van der Waals surface area contributed by atoms with E-state index < -0.39 is 0 Å². The first-order valence-corrected chi connectivity index (χ1v) is 8.53. The van der Waals surface area contributed by atoms with Crippen LogP contribution in [-0.2, 0) is 11.8 Å². The summed E-state index contributed by atoms with van der Waals surface area (Å²) in [6.07, 6.45) is 5.62. The smallest absolute Gasteiger partial charge is 0.251 e. The molecule has 21 heavy (non-hydrogen) atoms. The average Bonchev–Trinajstić information content (AvgIpc) is 2.77. The van der Waals surface area contributed by atoms with Crippen LogP contribution in [0.15, 0.2) is 17.1 Å². The second kappa shape index (κ2) is 5.76. The normalized spacial score (nSPS) is 17.6. The van der Waals surface area contributed by atoms with Crippen LogP contribution in [0.4, 0.5) is 0 Å². The van der Waals surface area contributed by atoms with Crippen LogP contribution in [0.5, 0.6) is 0 Å². The number of fused-ring (bicyclic) bond motifs is 1. The van der Waals surface area contributed by atoms with E-state index in [2.05, 4.69) is 31.0 Å². The highest BCUT2D eigenvalue weighted by Crippen LogP contribution is 2.25. The molecule has 1 aromatic carbocycles. The molecule has 1 aromatic heterocycles. The van der Waals surface area contributed by atoms with E-state index in [0.717, 1.165) is 17.6 Å². The standard InChI is InChI=1S/C17H22N2OS/c1-11-9-14-15(10-12(11)2)21-17(19(14)3)18-16(20)13-7-5-4-6-8-13/h9-10,13H,4-8H2,1-3H3. The Morgan fingerprint density at radius 1 is 1.19 bits per heavy atom. The van der Waals surface area contributed by atoms with Crippen molar-refractivity contribution in [1.29, 1.82) is 0 Å². The number of aromatic nitrogens is 1. The molecule has 0 N–H and O–H groups in total. The van der Waals surface area contributed by atoms with E-state index in [1.807, 2.05) is 11.6 Å². The molecule has 0 bridgehead atoms. The number of hydrogen-bond donors (Lipinski definition) is 0. The summed E-state index contributed by atoms with van der Waals surface area (Å²) in [5, 5.41) is 0. The van der Waals surface area contributed by atoms with Crippen molar-refractivity contribution in [2.75, 3.05) is 0 Å². The number of benzene rings is 1. The molecular weight excluding hydrogens is 280 g/mol. The number of aryl methyl sites for hydroxylation is 3. The molecule has 1 fully saturated rings. The van der Waals surface area contributed by atoms with Gasteiger partial charge in [0.25, 0.3) is 5.91 Å². The van der Waals surface area contributed by atoms with Crippen LogP contribution in [0.25, 0.3) is 10.2 Å². The Bertz CT molecular complexity index is 748. The van der Waals surface area contributed by atoms with Gasteiger partial charge in [0.1, 0.15) is 0 Å². The van der Waals surface area contributed by atoms with E-state index in [0.29, 0.717) is 0 Å². The van der Waals surface area contributed by atoms with Gasteiger partial charge in [-0.1, -0.05) is 30.6 Å². The van der Waals surface area contributed by atoms with E-state index in [1.165, 1.54) is 40.6 Å². The topological polar surface area (TPSA) is 34.4 Å². The molecular formula is C17H22N2OS. The molecule has 2 aromatic rings. The first kappa shape index (κ1) is 14.5. The van der Waals surface area contributed by atoms with E-state index >= 15 is 0 Å². The number of amides is 1. The summed E-state index contributed by atoms with van der Waals surface area (Å²) in [6.45, 7) is 4.24. The third-order valence-electron chi connectivity index (χ3n) is 4.59. The van der Waals surface area contributed by atoms with Gasteiger partial charge in [-0.2, -0.15) is 4.99 Å². The van der Waals surface area contributed by atoms with E-state index in [1.54, 1.807) is 11.3 Å². The van der Waals surface area contributed by atoms with Gasteiger partial charge in [0.05, 0.1) is 10.2 Å². The minimum Gasteiger partial charge on any atom is -0.319 e. The zero-order valence-electron chi connectivity index (χ0n) is 13.0. The Morgan fingerprint density at radius 3 is 2.57 bits per heavy atom. The largest absolute Gasteiger partial charge is 0.319 e. The molecule has 3 rings (SSSR count). The Kier molecular flexibility index (Phi) is 3.98.